The molecule has 0 aromatic carbocycles. The molecule has 0 aliphatic heterocycles. The Balaban J connectivity index is 1.77. The second kappa shape index (κ2) is 5.35. The molecule has 4 nitrogen and oxygen atoms in total. The predicted molar refractivity (Wildman–Crippen MR) is 73.8 cm³/mol. The fourth-order valence-corrected chi connectivity index (χ4v) is 3.08. The van der Waals surface area contributed by atoms with Gasteiger partial charge in [-0.15, -0.1) is 0 Å². The zero-order valence-corrected chi connectivity index (χ0v) is 11.7. The summed E-state index contributed by atoms with van der Waals surface area (Å²) in [5, 5.41) is 0. The molecule has 2 fully saturated rings. The molecule has 1 aromatic heterocycles. The van der Waals surface area contributed by atoms with Crippen molar-refractivity contribution in [3.63, 3.8) is 0 Å². The van der Waals surface area contributed by atoms with Crippen LogP contribution in [0.3, 0.4) is 0 Å². The molecule has 0 saturated heterocycles. The molecule has 4 heteroatoms. The summed E-state index contributed by atoms with van der Waals surface area (Å²) >= 11 is 0. The van der Waals surface area contributed by atoms with Gasteiger partial charge in [0, 0.05) is 19.6 Å². The highest BCUT2D eigenvalue weighted by Crippen LogP contribution is 2.33. The van der Waals surface area contributed by atoms with Gasteiger partial charge in [-0.3, -0.25) is 4.79 Å². The lowest BCUT2D eigenvalue weighted by Crippen LogP contribution is -2.43. The number of carbonyl (C=O) groups excluding carboxylic acids is 1. The van der Waals surface area contributed by atoms with Crippen LogP contribution in [0.15, 0.2) is 12.5 Å². The maximum atomic E-state index is 12.8. The lowest BCUT2D eigenvalue weighted by molar-refractivity contribution is 0.0612. The van der Waals surface area contributed by atoms with Gasteiger partial charge in [0.2, 0.25) is 0 Å². The van der Waals surface area contributed by atoms with Crippen molar-refractivity contribution >= 4 is 5.91 Å². The van der Waals surface area contributed by atoms with Gasteiger partial charge in [0.05, 0.1) is 12.5 Å². The average Bonchev–Trinajstić information content (AvgIpc) is 3.16. The number of aromatic nitrogens is 2. The number of hydrogen-bond acceptors (Lipinski definition) is 2. The van der Waals surface area contributed by atoms with Crippen LogP contribution >= 0.6 is 0 Å². The van der Waals surface area contributed by atoms with E-state index in [4.69, 9.17) is 0 Å². The fraction of sp³-hybridized carbons (Fsp3) is 0.733. The third-order valence-electron chi connectivity index (χ3n) is 4.46. The second-order valence-electron chi connectivity index (χ2n) is 6.08. The molecule has 0 radical (unpaired) electrons. The summed E-state index contributed by atoms with van der Waals surface area (Å²) in [5.74, 6) is 0.929. The zero-order valence-electron chi connectivity index (χ0n) is 11.7. The van der Waals surface area contributed by atoms with Crippen LogP contribution in [0.2, 0.25) is 0 Å². The van der Waals surface area contributed by atoms with E-state index in [1.807, 2.05) is 11.6 Å². The summed E-state index contributed by atoms with van der Waals surface area (Å²) in [5.41, 5.74) is 0.728. The highest BCUT2D eigenvalue weighted by Gasteiger charge is 2.33. The third kappa shape index (κ3) is 2.82. The summed E-state index contributed by atoms with van der Waals surface area (Å²) in [6, 6.07) is 0.455. The number of aryl methyl sites for hydroxylation is 1. The Bertz CT molecular complexity index is 444. The van der Waals surface area contributed by atoms with E-state index in [1.54, 1.807) is 12.5 Å². The maximum Gasteiger partial charge on any atom is 0.272 e. The van der Waals surface area contributed by atoms with E-state index >= 15 is 0 Å². The molecular weight excluding hydrogens is 238 g/mol. The first-order chi connectivity index (χ1) is 9.25. The molecule has 0 atom stereocenters. The Morgan fingerprint density at radius 3 is 2.63 bits per heavy atom. The van der Waals surface area contributed by atoms with Crippen molar-refractivity contribution in [3.05, 3.63) is 18.2 Å². The van der Waals surface area contributed by atoms with Gasteiger partial charge in [-0.05, 0) is 31.6 Å². The normalized spacial score (nSPS) is 20.5. The second-order valence-corrected chi connectivity index (χ2v) is 6.08. The standard InChI is InChI=1S/C15H23N3O/c1-17-11-16-9-14(17)15(19)18(10-12-7-8-12)13-5-3-2-4-6-13/h9,11-13H,2-8,10H2,1H3. The molecule has 1 heterocycles. The molecule has 0 spiro atoms. The number of amides is 1. The summed E-state index contributed by atoms with van der Waals surface area (Å²) < 4.78 is 1.84. The SMILES string of the molecule is Cn1cncc1C(=O)N(CC1CC1)C1CCCCC1. The fourth-order valence-electron chi connectivity index (χ4n) is 3.08. The van der Waals surface area contributed by atoms with Crippen molar-refractivity contribution in [3.8, 4) is 0 Å². The van der Waals surface area contributed by atoms with Crippen LogP contribution in [-0.4, -0.2) is 32.9 Å². The van der Waals surface area contributed by atoms with Crippen molar-refractivity contribution < 1.29 is 4.79 Å². The van der Waals surface area contributed by atoms with Crippen molar-refractivity contribution in [2.45, 2.75) is 51.0 Å². The monoisotopic (exact) mass is 261 g/mol. The first-order valence-corrected chi connectivity index (χ1v) is 7.53. The van der Waals surface area contributed by atoms with E-state index in [9.17, 15) is 4.79 Å². The van der Waals surface area contributed by atoms with E-state index in [1.165, 1.54) is 44.9 Å². The summed E-state index contributed by atoms with van der Waals surface area (Å²) in [6.07, 6.45) is 12.2. The summed E-state index contributed by atoms with van der Waals surface area (Å²) in [6.45, 7) is 0.953. The van der Waals surface area contributed by atoms with Crippen LogP contribution in [0.1, 0.15) is 55.4 Å². The molecule has 19 heavy (non-hydrogen) atoms. The molecule has 104 valence electrons. The number of nitrogens with zero attached hydrogens (tertiary/aromatic N) is 3. The number of rotatable bonds is 4. The molecule has 0 N–H and O–H groups in total. The number of hydrogen-bond donors (Lipinski definition) is 0. The first-order valence-electron chi connectivity index (χ1n) is 7.53. The van der Waals surface area contributed by atoms with Crippen LogP contribution in [0, 0.1) is 5.92 Å². The Kier molecular flexibility index (Phi) is 3.58. The third-order valence-corrected chi connectivity index (χ3v) is 4.46. The Labute approximate surface area is 114 Å². The molecule has 2 aliphatic rings. The van der Waals surface area contributed by atoms with Crippen LogP contribution in [0.4, 0.5) is 0 Å². The van der Waals surface area contributed by atoms with Crippen LogP contribution in [-0.2, 0) is 7.05 Å². The van der Waals surface area contributed by atoms with Gasteiger partial charge >= 0.3 is 0 Å². The molecule has 0 unspecified atom stereocenters. The molecule has 2 aliphatic carbocycles. The van der Waals surface area contributed by atoms with Crippen LogP contribution < -0.4 is 0 Å². The number of carbonyl (C=O) groups is 1. The minimum Gasteiger partial charge on any atom is -0.334 e. The van der Waals surface area contributed by atoms with Crippen molar-refractivity contribution in [1.29, 1.82) is 0 Å². The maximum absolute atomic E-state index is 12.8. The molecule has 1 aromatic rings. The minimum atomic E-state index is 0.179. The summed E-state index contributed by atoms with van der Waals surface area (Å²) in [7, 11) is 1.90. The van der Waals surface area contributed by atoms with E-state index in [-0.39, 0.29) is 5.91 Å². The lowest BCUT2D eigenvalue weighted by Gasteiger charge is -2.34. The van der Waals surface area contributed by atoms with E-state index in [0.717, 1.165) is 18.2 Å². The Hall–Kier alpha value is -1.32. The minimum absolute atomic E-state index is 0.179. The molecular formula is C15H23N3O. The van der Waals surface area contributed by atoms with Gasteiger partial charge in [-0.25, -0.2) is 4.98 Å². The van der Waals surface area contributed by atoms with Crippen molar-refractivity contribution in [2.24, 2.45) is 13.0 Å². The molecule has 0 bridgehead atoms. The summed E-state index contributed by atoms with van der Waals surface area (Å²) in [4.78, 5) is 19.0. The van der Waals surface area contributed by atoms with Crippen LogP contribution in [0.5, 0.6) is 0 Å². The topological polar surface area (TPSA) is 38.1 Å². The van der Waals surface area contributed by atoms with Gasteiger partial charge in [-0.1, -0.05) is 19.3 Å². The smallest absolute Gasteiger partial charge is 0.272 e. The van der Waals surface area contributed by atoms with Gasteiger partial charge < -0.3 is 9.47 Å². The van der Waals surface area contributed by atoms with Gasteiger partial charge in [0.1, 0.15) is 5.69 Å². The van der Waals surface area contributed by atoms with Gasteiger partial charge in [0.25, 0.3) is 5.91 Å². The van der Waals surface area contributed by atoms with E-state index in [0.29, 0.717) is 6.04 Å². The van der Waals surface area contributed by atoms with Crippen molar-refractivity contribution in [1.82, 2.24) is 14.5 Å². The predicted octanol–water partition coefficient (Wildman–Crippen LogP) is 2.61. The molecule has 2 saturated carbocycles. The first kappa shape index (κ1) is 12.7. The lowest BCUT2D eigenvalue weighted by atomic mass is 9.93. The van der Waals surface area contributed by atoms with E-state index in [2.05, 4.69) is 9.88 Å². The Morgan fingerprint density at radius 1 is 1.32 bits per heavy atom. The Morgan fingerprint density at radius 2 is 2.05 bits per heavy atom. The largest absolute Gasteiger partial charge is 0.334 e. The zero-order chi connectivity index (χ0) is 13.2. The number of imidazole rings is 1. The molecule has 1 amide bonds. The average molecular weight is 261 g/mol. The highest BCUT2D eigenvalue weighted by molar-refractivity contribution is 5.92. The highest BCUT2D eigenvalue weighted by atomic mass is 16.2. The quantitative estimate of drug-likeness (QED) is 0.835. The van der Waals surface area contributed by atoms with Gasteiger partial charge in [-0.2, -0.15) is 0 Å². The van der Waals surface area contributed by atoms with Crippen molar-refractivity contribution in [2.75, 3.05) is 6.54 Å². The van der Waals surface area contributed by atoms with Gasteiger partial charge in [0.15, 0.2) is 0 Å². The molecule has 3 rings (SSSR count). The van der Waals surface area contributed by atoms with Crippen LogP contribution in [0.25, 0.3) is 0 Å². The van der Waals surface area contributed by atoms with E-state index < -0.39 is 0 Å².